The molecule has 0 unspecified atom stereocenters. The van der Waals surface area contributed by atoms with Gasteiger partial charge in [0.25, 0.3) is 5.91 Å². The van der Waals surface area contributed by atoms with E-state index < -0.39 is 0 Å². The normalized spacial score (nSPS) is 10.0. The van der Waals surface area contributed by atoms with Crippen LogP contribution in [0.3, 0.4) is 0 Å². The van der Waals surface area contributed by atoms with E-state index in [1.807, 2.05) is 0 Å². The van der Waals surface area contributed by atoms with Crippen LogP contribution in [0.2, 0.25) is 5.02 Å². The minimum absolute atomic E-state index is 0.293. The van der Waals surface area contributed by atoms with Gasteiger partial charge in [0.2, 0.25) is 0 Å². The fourth-order valence-electron chi connectivity index (χ4n) is 1.92. The molecule has 0 aliphatic heterocycles. The number of methoxy groups -OCH3 is 3. The van der Waals surface area contributed by atoms with Crippen LogP contribution in [0.25, 0.3) is 0 Å². The highest BCUT2D eigenvalue weighted by Crippen LogP contribution is 2.39. The number of amides is 1. The summed E-state index contributed by atoms with van der Waals surface area (Å²) in [7, 11) is 4.55. The number of anilines is 1. The first-order valence-electron chi connectivity index (χ1n) is 6.46. The van der Waals surface area contributed by atoms with E-state index in [9.17, 15) is 4.79 Å². The van der Waals surface area contributed by atoms with Crippen LogP contribution in [0.4, 0.5) is 5.69 Å². The Bertz CT molecular complexity index is 645. The fourth-order valence-corrected chi connectivity index (χ4v) is 2.04. The molecular weight excluding hydrogens is 306 g/mol. The topological polar surface area (TPSA) is 56.8 Å². The Morgan fingerprint density at radius 1 is 0.955 bits per heavy atom. The number of halogens is 1. The van der Waals surface area contributed by atoms with Gasteiger partial charge in [0.1, 0.15) is 22.9 Å². The quantitative estimate of drug-likeness (QED) is 0.914. The Labute approximate surface area is 133 Å². The summed E-state index contributed by atoms with van der Waals surface area (Å²) in [5.41, 5.74) is 0.912. The van der Waals surface area contributed by atoms with Gasteiger partial charge in [-0.15, -0.1) is 0 Å². The Morgan fingerprint density at radius 3 is 1.95 bits per heavy atom. The second-order valence-corrected chi connectivity index (χ2v) is 4.80. The van der Waals surface area contributed by atoms with E-state index in [-0.39, 0.29) is 5.91 Å². The van der Waals surface area contributed by atoms with Crippen LogP contribution in [-0.4, -0.2) is 27.2 Å². The summed E-state index contributed by atoms with van der Waals surface area (Å²) in [5.74, 6) is 1.16. The van der Waals surface area contributed by atoms with Gasteiger partial charge >= 0.3 is 0 Å². The van der Waals surface area contributed by atoms with E-state index in [4.69, 9.17) is 25.8 Å². The summed E-state index contributed by atoms with van der Waals surface area (Å²) < 4.78 is 15.8. The molecule has 22 heavy (non-hydrogen) atoms. The third-order valence-electron chi connectivity index (χ3n) is 3.06. The number of benzene rings is 2. The van der Waals surface area contributed by atoms with Gasteiger partial charge < -0.3 is 19.5 Å². The number of hydrogen-bond donors (Lipinski definition) is 1. The monoisotopic (exact) mass is 321 g/mol. The minimum Gasteiger partial charge on any atom is -0.496 e. The van der Waals surface area contributed by atoms with Gasteiger partial charge in [-0.05, 0) is 24.3 Å². The summed E-state index contributed by atoms with van der Waals surface area (Å²) in [6, 6.07) is 9.91. The van der Waals surface area contributed by atoms with Crippen LogP contribution in [0, 0.1) is 0 Å². The molecule has 0 atom stereocenters. The second kappa shape index (κ2) is 7.04. The number of nitrogens with one attached hydrogen (secondary N) is 1. The molecule has 0 saturated heterocycles. The standard InChI is InChI=1S/C16H16ClNO4/c1-20-12-8-13(21-2)15(14(9-12)22-3)18-16(19)10-4-6-11(17)7-5-10/h4-9H,1-3H3,(H,18,19). The summed E-state index contributed by atoms with van der Waals surface area (Å²) >= 11 is 5.82. The number of hydrogen-bond acceptors (Lipinski definition) is 4. The van der Waals surface area contributed by atoms with Gasteiger partial charge in [0, 0.05) is 22.7 Å². The van der Waals surface area contributed by atoms with Crippen LogP contribution in [0.5, 0.6) is 17.2 Å². The van der Waals surface area contributed by atoms with Crippen molar-refractivity contribution in [1.82, 2.24) is 0 Å². The van der Waals surface area contributed by atoms with Gasteiger partial charge in [-0.1, -0.05) is 11.6 Å². The smallest absolute Gasteiger partial charge is 0.255 e. The van der Waals surface area contributed by atoms with E-state index in [1.54, 1.807) is 43.5 Å². The first-order chi connectivity index (χ1) is 10.6. The molecule has 0 spiro atoms. The molecule has 0 fully saturated rings. The van der Waals surface area contributed by atoms with Crippen molar-refractivity contribution < 1.29 is 19.0 Å². The molecule has 0 aromatic heterocycles. The van der Waals surface area contributed by atoms with Crippen molar-refractivity contribution in [1.29, 1.82) is 0 Å². The molecule has 0 heterocycles. The number of ether oxygens (including phenoxy) is 3. The van der Waals surface area contributed by atoms with Crippen molar-refractivity contribution in [2.45, 2.75) is 0 Å². The van der Waals surface area contributed by atoms with E-state index >= 15 is 0 Å². The van der Waals surface area contributed by atoms with Crippen molar-refractivity contribution in [3.8, 4) is 17.2 Å². The molecule has 1 amide bonds. The molecule has 0 saturated carbocycles. The molecule has 0 aliphatic carbocycles. The molecule has 6 heteroatoms. The number of carbonyl (C=O) groups excluding carboxylic acids is 1. The summed E-state index contributed by atoms with van der Waals surface area (Å²) in [6.45, 7) is 0. The second-order valence-electron chi connectivity index (χ2n) is 4.37. The number of carbonyl (C=O) groups is 1. The average Bonchev–Trinajstić information content (AvgIpc) is 2.55. The summed E-state index contributed by atoms with van der Waals surface area (Å²) in [4.78, 5) is 12.3. The zero-order chi connectivity index (χ0) is 16.1. The molecule has 0 radical (unpaired) electrons. The number of rotatable bonds is 5. The van der Waals surface area contributed by atoms with Crippen molar-refractivity contribution in [2.24, 2.45) is 0 Å². The molecule has 2 aromatic rings. The molecular formula is C16H16ClNO4. The van der Waals surface area contributed by atoms with Crippen molar-refractivity contribution >= 4 is 23.2 Å². The molecule has 1 N–H and O–H groups in total. The van der Waals surface area contributed by atoms with E-state index in [2.05, 4.69) is 5.32 Å². The summed E-state index contributed by atoms with van der Waals surface area (Å²) in [6.07, 6.45) is 0. The van der Waals surface area contributed by atoms with E-state index in [0.29, 0.717) is 33.5 Å². The zero-order valence-corrected chi connectivity index (χ0v) is 13.2. The molecule has 5 nitrogen and oxygen atoms in total. The fraction of sp³-hybridized carbons (Fsp3) is 0.188. The van der Waals surface area contributed by atoms with Crippen molar-refractivity contribution in [3.63, 3.8) is 0 Å². The Hall–Kier alpha value is -2.40. The Kier molecular flexibility index (Phi) is 5.12. The lowest BCUT2D eigenvalue weighted by molar-refractivity contribution is 0.102. The first kappa shape index (κ1) is 16.0. The molecule has 116 valence electrons. The van der Waals surface area contributed by atoms with Crippen LogP contribution >= 0.6 is 11.6 Å². The molecule has 2 aromatic carbocycles. The third-order valence-corrected chi connectivity index (χ3v) is 3.31. The van der Waals surface area contributed by atoms with Crippen LogP contribution in [0.1, 0.15) is 10.4 Å². The lowest BCUT2D eigenvalue weighted by atomic mass is 10.2. The maximum Gasteiger partial charge on any atom is 0.255 e. The van der Waals surface area contributed by atoms with Crippen molar-refractivity contribution in [2.75, 3.05) is 26.6 Å². The largest absolute Gasteiger partial charge is 0.496 e. The predicted octanol–water partition coefficient (Wildman–Crippen LogP) is 3.62. The SMILES string of the molecule is COc1cc(OC)c(NC(=O)c2ccc(Cl)cc2)c(OC)c1. The minimum atomic E-state index is -0.293. The molecule has 2 rings (SSSR count). The van der Waals surface area contributed by atoms with Gasteiger partial charge in [-0.2, -0.15) is 0 Å². The maximum atomic E-state index is 12.3. The van der Waals surface area contributed by atoms with Crippen LogP contribution in [-0.2, 0) is 0 Å². The Balaban J connectivity index is 2.35. The van der Waals surface area contributed by atoms with Gasteiger partial charge in [0.15, 0.2) is 0 Å². The molecule has 0 bridgehead atoms. The predicted molar refractivity (Wildman–Crippen MR) is 85.5 cm³/mol. The maximum absolute atomic E-state index is 12.3. The van der Waals surface area contributed by atoms with Gasteiger partial charge in [-0.25, -0.2) is 0 Å². The highest BCUT2D eigenvalue weighted by atomic mass is 35.5. The highest BCUT2D eigenvalue weighted by molar-refractivity contribution is 6.30. The van der Waals surface area contributed by atoms with E-state index in [1.165, 1.54) is 14.2 Å². The Morgan fingerprint density at radius 2 is 1.50 bits per heavy atom. The van der Waals surface area contributed by atoms with Crippen molar-refractivity contribution in [3.05, 3.63) is 47.0 Å². The summed E-state index contributed by atoms with van der Waals surface area (Å²) in [5, 5.41) is 3.35. The lowest BCUT2D eigenvalue weighted by Gasteiger charge is -2.15. The van der Waals surface area contributed by atoms with Gasteiger partial charge in [0.05, 0.1) is 21.3 Å². The van der Waals surface area contributed by atoms with Gasteiger partial charge in [-0.3, -0.25) is 4.79 Å². The third kappa shape index (κ3) is 3.43. The van der Waals surface area contributed by atoms with Crippen LogP contribution < -0.4 is 19.5 Å². The highest BCUT2D eigenvalue weighted by Gasteiger charge is 2.16. The molecule has 0 aliphatic rings. The zero-order valence-electron chi connectivity index (χ0n) is 12.5. The van der Waals surface area contributed by atoms with E-state index in [0.717, 1.165) is 0 Å². The lowest BCUT2D eigenvalue weighted by Crippen LogP contribution is -2.13. The van der Waals surface area contributed by atoms with Crippen LogP contribution in [0.15, 0.2) is 36.4 Å². The average molecular weight is 322 g/mol. The first-order valence-corrected chi connectivity index (χ1v) is 6.83.